The lowest BCUT2D eigenvalue weighted by Gasteiger charge is -2.30. The predicted octanol–water partition coefficient (Wildman–Crippen LogP) is 4.74. The Bertz CT molecular complexity index is 468. The molecular weight excluding hydrogens is 282 g/mol. The van der Waals surface area contributed by atoms with E-state index >= 15 is 0 Å². The summed E-state index contributed by atoms with van der Waals surface area (Å²) in [5.74, 6) is 2.67. The molecule has 0 spiro atoms. The van der Waals surface area contributed by atoms with Gasteiger partial charge >= 0.3 is 0 Å². The Morgan fingerprint density at radius 3 is 2.67 bits per heavy atom. The molecule has 4 heteroatoms. The quantitative estimate of drug-likeness (QED) is 0.755. The standard InChI is InChI=1S/C17H28ClN3/c1-5-7-15-19-14(18)12-16(20-15)21-10-6-8-13(9-11-21)17(2,3)4/h12-13H,5-11H2,1-4H3. The molecule has 1 fully saturated rings. The van der Waals surface area contributed by atoms with Gasteiger partial charge in [-0.1, -0.05) is 39.3 Å². The van der Waals surface area contributed by atoms with Gasteiger partial charge in [0.2, 0.25) is 0 Å². The SMILES string of the molecule is CCCc1nc(Cl)cc(N2CCCC(C(C)(C)C)CC2)n1. The van der Waals surface area contributed by atoms with Gasteiger partial charge in [-0.05, 0) is 37.0 Å². The average Bonchev–Trinajstić information content (AvgIpc) is 2.63. The molecule has 1 aliphatic rings. The fourth-order valence-corrected chi connectivity index (χ4v) is 3.34. The van der Waals surface area contributed by atoms with Crippen LogP contribution in [-0.2, 0) is 6.42 Å². The minimum absolute atomic E-state index is 0.396. The lowest BCUT2D eigenvalue weighted by Crippen LogP contribution is -2.27. The molecule has 1 unspecified atom stereocenters. The van der Waals surface area contributed by atoms with E-state index in [1.54, 1.807) is 0 Å². The van der Waals surface area contributed by atoms with Gasteiger partial charge in [0.25, 0.3) is 0 Å². The van der Waals surface area contributed by atoms with Crippen LogP contribution in [0.15, 0.2) is 6.07 Å². The second-order valence-electron chi connectivity index (χ2n) is 7.20. The van der Waals surface area contributed by atoms with Crippen molar-refractivity contribution in [3.8, 4) is 0 Å². The van der Waals surface area contributed by atoms with Crippen LogP contribution in [0.25, 0.3) is 0 Å². The first kappa shape index (κ1) is 16.5. The average molecular weight is 310 g/mol. The fraction of sp³-hybridized carbons (Fsp3) is 0.765. The number of rotatable bonds is 3. The lowest BCUT2D eigenvalue weighted by atomic mass is 9.77. The number of aryl methyl sites for hydroxylation is 1. The van der Waals surface area contributed by atoms with Crippen LogP contribution in [0.5, 0.6) is 0 Å². The van der Waals surface area contributed by atoms with Gasteiger partial charge in [-0.15, -0.1) is 0 Å². The molecule has 21 heavy (non-hydrogen) atoms. The van der Waals surface area contributed by atoms with Crippen molar-refractivity contribution in [1.82, 2.24) is 9.97 Å². The van der Waals surface area contributed by atoms with E-state index in [-0.39, 0.29) is 0 Å². The van der Waals surface area contributed by atoms with Gasteiger partial charge in [0, 0.05) is 25.6 Å². The summed E-state index contributed by atoms with van der Waals surface area (Å²) in [6.45, 7) is 11.4. The molecule has 1 saturated heterocycles. The van der Waals surface area contributed by atoms with Gasteiger partial charge in [-0.3, -0.25) is 0 Å². The zero-order valence-corrected chi connectivity index (χ0v) is 14.6. The molecular formula is C17H28ClN3. The summed E-state index contributed by atoms with van der Waals surface area (Å²) in [7, 11) is 0. The Kier molecular flexibility index (Phi) is 5.48. The number of hydrogen-bond donors (Lipinski definition) is 0. The van der Waals surface area contributed by atoms with Crippen molar-refractivity contribution in [1.29, 1.82) is 0 Å². The first-order valence-electron chi connectivity index (χ1n) is 8.18. The maximum atomic E-state index is 6.17. The molecule has 0 aromatic carbocycles. The van der Waals surface area contributed by atoms with Gasteiger partial charge < -0.3 is 4.90 Å². The first-order valence-corrected chi connectivity index (χ1v) is 8.56. The molecule has 0 amide bonds. The summed E-state index contributed by atoms with van der Waals surface area (Å²) in [6.07, 6.45) is 5.71. The van der Waals surface area contributed by atoms with Crippen LogP contribution in [0.3, 0.4) is 0 Å². The zero-order valence-electron chi connectivity index (χ0n) is 13.8. The molecule has 0 saturated carbocycles. The van der Waals surface area contributed by atoms with Crippen molar-refractivity contribution in [2.75, 3.05) is 18.0 Å². The molecule has 1 aromatic heterocycles. The van der Waals surface area contributed by atoms with Crippen LogP contribution in [-0.4, -0.2) is 23.1 Å². The Balaban J connectivity index is 2.12. The van der Waals surface area contributed by atoms with Crippen molar-refractivity contribution in [3.05, 3.63) is 17.0 Å². The maximum Gasteiger partial charge on any atom is 0.134 e. The molecule has 118 valence electrons. The maximum absolute atomic E-state index is 6.17. The largest absolute Gasteiger partial charge is 0.356 e. The minimum atomic E-state index is 0.396. The molecule has 2 rings (SSSR count). The Hall–Kier alpha value is -0.830. The van der Waals surface area contributed by atoms with Gasteiger partial charge in [0.05, 0.1) is 0 Å². The van der Waals surface area contributed by atoms with E-state index in [2.05, 4.69) is 37.6 Å². The van der Waals surface area contributed by atoms with Gasteiger partial charge in [0.1, 0.15) is 16.8 Å². The summed E-state index contributed by atoms with van der Waals surface area (Å²) in [4.78, 5) is 11.4. The zero-order chi connectivity index (χ0) is 15.5. The van der Waals surface area contributed by atoms with Crippen LogP contribution in [0.1, 0.15) is 59.2 Å². The van der Waals surface area contributed by atoms with Crippen LogP contribution in [0.2, 0.25) is 5.15 Å². The fourth-order valence-electron chi connectivity index (χ4n) is 3.14. The first-order chi connectivity index (χ1) is 9.90. The summed E-state index contributed by atoms with van der Waals surface area (Å²) < 4.78 is 0. The molecule has 1 atom stereocenters. The molecule has 0 aliphatic carbocycles. The van der Waals surface area contributed by atoms with Gasteiger partial charge in [-0.2, -0.15) is 0 Å². The summed E-state index contributed by atoms with van der Waals surface area (Å²) in [5, 5.41) is 0.570. The molecule has 0 N–H and O–H groups in total. The summed E-state index contributed by atoms with van der Waals surface area (Å²) in [6, 6.07) is 1.91. The number of halogens is 1. The third kappa shape index (κ3) is 4.57. The second kappa shape index (κ2) is 6.95. The lowest BCUT2D eigenvalue weighted by molar-refractivity contribution is 0.220. The Morgan fingerprint density at radius 1 is 1.24 bits per heavy atom. The number of hydrogen-bond acceptors (Lipinski definition) is 3. The van der Waals surface area contributed by atoms with E-state index in [0.717, 1.165) is 43.5 Å². The highest BCUT2D eigenvalue weighted by Gasteiger charge is 2.27. The van der Waals surface area contributed by atoms with E-state index in [4.69, 9.17) is 16.6 Å². The van der Waals surface area contributed by atoms with Gasteiger partial charge in [-0.25, -0.2) is 9.97 Å². The van der Waals surface area contributed by atoms with Crippen molar-refractivity contribution in [2.45, 2.75) is 59.8 Å². The predicted molar refractivity (Wildman–Crippen MR) is 90.0 cm³/mol. The number of nitrogens with zero attached hydrogens (tertiary/aromatic N) is 3. The number of anilines is 1. The highest BCUT2D eigenvalue weighted by Crippen LogP contribution is 2.35. The van der Waals surface area contributed by atoms with E-state index < -0.39 is 0 Å². The second-order valence-corrected chi connectivity index (χ2v) is 7.58. The van der Waals surface area contributed by atoms with Crippen LogP contribution < -0.4 is 4.90 Å². The summed E-state index contributed by atoms with van der Waals surface area (Å²) in [5.41, 5.74) is 0.396. The third-order valence-electron chi connectivity index (χ3n) is 4.48. The molecule has 3 nitrogen and oxygen atoms in total. The topological polar surface area (TPSA) is 29.0 Å². The molecule has 0 bridgehead atoms. The summed E-state index contributed by atoms with van der Waals surface area (Å²) >= 11 is 6.17. The smallest absolute Gasteiger partial charge is 0.134 e. The van der Waals surface area contributed by atoms with E-state index in [0.29, 0.717) is 10.6 Å². The Morgan fingerprint density at radius 2 is 2.00 bits per heavy atom. The normalized spacial score (nSPS) is 20.4. The van der Waals surface area contributed by atoms with Crippen molar-refractivity contribution in [2.24, 2.45) is 11.3 Å². The number of aromatic nitrogens is 2. The van der Waals surface area contributed by atoms with Crippen LogP contribution >= 0.6 is 11.6 Å². The highest BCUT2D eigenvalue weighted by atomic mass is 35.5. The molecule has 1 aliphatic heterocycles. The van der Waals surface area contributed by atoms with Crippen molar-refractivity contribution >= 4 is 17.4 Å². The minimum Gasteiger partial charge on any atom is -0.356 e. The van der Waals surface area contributed by atoms with Gasteiger partial charge in [0.15, 0.2) is 0 Å². The van der Waals surface area contributed by atoms with Crippen LogP contribution in [0, 0.1) is 11.3 Å². The van der Waals surface area contributed by atoms with Crippen LogP contribution in [0.4, 0.5) is 5.82 Å². The molecule has 2 heterocycles. The van der Waals surface area contributed by atoms with E-state index in [1.807, 2.05) is 6.07 Å². The monoisotopic (exact) mass is 309 g/mol. The highest BCUT2D eigenvalue weighted by molar-refractivity contribution is 6.29. The molecule has 1 aromatic rings. The Labute approximate surface area is 134 Å². The van der Waals surface area contributed by atoms with E-state index in [9.17, 15) is 0 Å². The molecule has 0 radical (unpaired) electrons. The third-order valence-corrected chi connectivity index (χ3v) is 4.67. The van der Waals surface area contributed by atoms with Crippen molar-refractivity contribution in [3.63, 3.8) is 0 Å². The van der Waals surface area contributed by atoms with Crippen molar-refractivity contribution < 1.29 is 0 Å². The van der Waals surface area contributed by atoms with E-state index in [1.165, 1.54) is 19.3 Å².